The SMILES string of the molecule is COc1c(C)cc(Cl)cc1-c1cc(C)nc(C)n1. The molecule has 18 heavy (non-hydrogen) atoms. The lowest BCUT2D eigenvalue weighted by Gasteiger charge is -2.12. The second-order valence-electron chi connectivity index (χ2n) is 4.25. The van der Waals surface area contributed by atoms with Crippen molar-refractivity contribution in [2.24, 2.45) is 0 Å². The molecular weight excluding hydrogens is 248 g/mol. The van der Waals surface area contributed by atoms with E-state index >= 15 is 0 Å². The van der Waals surface area contributed by atoms with Crippen LogP contribution in [0.25, 0.3) is 11.3 Å². The largest absolute Gasteiger partial charge is 0.496 e. The highest BCUT2D eigenvalue weighted by atomic mass is 35.5. The van der Waals surface area contributed by atoms with Crippen LogP contribution >= 0.6 is 11.6 Å². The van der Waals surface area contributed by atoms with Crippen LogP contribution in [0.4, 0.5) is 0 Å². The molecule has 0 bridgehead atoms. The fourth-order valence-corrected chi connectivity index (χ4v) is 2.32. The molecule has 1 heterocycles. The molecule has 0 N–H and O–H groups in total. The van der Waals surface area contributed by atoms with Crippen molar-refractivity contribution in [1.29, 1.82) is 0 Å². The molecule has 3 nitrogen and oxygen atoms in total. The molecule has 0 saturated heterocycles. The molecular formula is C14H15ClN2O. The Labute approximate surface area is 112 Å². The second kappa shape index (κ2) is 4.94. The van der Waals surface area contributed by atoms with Crippen molar-refractivity contribution in [2.75, 3.05) is 7.11 Å². The van der Waals surface area contributed by atoms with E-state index < -0.39 is 0 Å². The minimum Gasteiger partial charge on any atom is -0.496 e. The first-order chi connectivity index (χ1) is 8.51. The molecule has 0 radical (unpaired) electrons. The summed E-state index contributed by atoms with van der Waals surface area (Å²) in [6.45, 7) is 5.79. The maximum Gasteiger partial charge on any atom is 0.131 e. The standard InChI is InChI=1S/C14H15ClN2O/c1-8-5-11(15)7-12(14(8)18-4)13-6-9(2)16-10(3)17-13/h5-7H,1-4H3. The Bertz CT molecular complexity index is 576. The van der Waals surface area contributed by atoms with E-state index in [2.05, 4.69) is 9.97 Å². The summed E-state index contributed by atoms with van der Waals surface area (Å²) in [5.41, 5.74) is 3.66. The van der Waals surface area contributed by atoms with Crippen LogP contribution in [0, 0.1) is 20.8 Å². The van der Waals surface area contributed by atoms with Gasteiger partial charge in [-0.1, -0.05) is 11.6 Å². The van der Waals surface area contributed by atoms with E-state index in [0.717, 1.165) is 34.1 Å². The highest BCUT2D eigenvalue weighted by Crippen LogP contribution is 2.34. The van der Waals surface area contributed by atoms with E-state index in [-0.39, 0.29) is 0 Å². The maximum absolute atomic E-state index is 6.11. The third-order valence-corrected chi connectivity index (χ3v) is 2.90. The number of methoxy groups -OCH3 is 1. The van der Waals surface area contributed by atoms with Gasteiger partial charge in [0.2, 0.25) is 0 Å². The number of rotatable bonds is 2. The molecule has 0 unspecified atom stereocenters. The fourth-order valence-electron chi connectivity index (χ4n) is 2.05. The molecule has 0 saturated carbocycles. The lowest BCUT2D eigenvalue weighted by Crippen LogP contribution is -1.97. The van der Waals surface area contributed by atoms with Crippen molar-refractivity contribution in [3.05, 3.63) is 40.3 Å². The van der Waals surface area contributed by atoms with Gasteiger partial charge in [-0.25, -0.2) is 9.97 Å². The number of hydrogen-bond acceptors (Lipinski definition) is 3. The zero-order valence-corrected chi connectivity index (χ0v) is 11.7. The average Bonchev–Trinajstić information content (AvgIpc) is 2.26. The van der Waals surface area contributed by atoms with Gasteiger partial charge in [0.15, 0.2) is 0 Å². The third-order valence-electron chi connectivity index (χ3n) is 2.69. The first-order valence-electron chi connectivity index (χ1n) is 5.68. The van der Waals surface area contributed by atoms with Crippen molar-refractivity contribution < 1.29 is 4.74 Å². The molecule has 0 fully saturated rings. The molecule has 0 spiro atoms. The zero-order valence-electron chi connectivity index (χ0n) is 10.9. The minimum absolute atomic E-state index is 0.678. The quantitative estimate of drug-likeness (QED) is 0.827. The summed E-state index contributed by atoms with van der Waals surface area (Å²) < 4.78 is 5.45. The van der Waals surface area contributed by atoms with Gasteiger partial charge >= 0.3 is 0 Å². The summed E-state index contributed by atoms with van der Waals surface area (Å²) in [5, 5.41) is 0.678. The molecule has 1 aromatic carbocycles. The van der Waals surface area contributed by atoms with Crippen molar-refractivity contribution in [2.45, 2.75) is 20.8 Å². The van der Waals surface area contributed by atoms with Crippen LogP contribution in [-0.4, -0.2) is 17.1 Å². The molecule has 0 aliphatic carbocycles. The van der Waals surface area contributed by atoms with Gasteiger partial charge < -0.3 is 4.74 Å². The van der Waals surface area contributed by atoms with Crippen molar-refractivity contribution >= 4 is 11.6 Å². The Morgan fingerprint density at radius 2 is 1.78 bits per heavy atom. The number of nitrogens with zero attached hydrogens (tertiary/aromatic N) is 2. The number of benzene rings is 1. The Morgan fingerprint density at radius 1 is 1.06 bits per heavy atom. The minimum atomic E-state index is 0.678. The molecule has 0 atom stereocenters. The predicted octanol–water partition coefficient (Wildman–Crippen LogP) is 3.73. The van der Waals surface area contributed by atoms with E-state index in [9.17, 15) is 0 Å². The first kappa shape index (κ1) is 12.8. The zero-order chi connectivity index (χ0) is 13.3. The van der Waals surface area contributed by atoms with Gasteiger partial charge in [-0.2, -0.15) is 0 Å². The lowest BCUT2D eigenvalue weighted by molar-refractivity contribution is 0.413. The van der Waals surface area contributed by atoms with E-state index in [1.165, 1.54) is 0 Å². The maximum atomic E-state index is 6.11. The Morgan fingerprint density at radius 3 is 2.39 bits per heavy atom. The Hall–Kier alpha value is -1.61. The van der Waals surface area contributed by atoms with Crippen LogP contribution in [0.2, 0.25) is 5.02 Å². The van der Waals surface area contributed by atoms with Crippen LogP contribution in [0.3, 0.4) is 0 Å². The van der Waals surface area contributed by atoms with Crippen LogP contribution in [0.15, 0.2) is 18.2 Å². The van der Waals surface area contributed by atoms with E-state index in [0.29, 0.717) is 5.02 Å². The summed E-state index contributed by atoms with van der Waals surface area (Å²) in [6, 6.07) is 5.68. The Balaban J connectivity index is 2.69. The topological polar surface area (TPSA) is 35.0 Å². The monoisotopic (exact) mass is 262 g/mol. The number of hydrogen-bond donors (Lipinski definition) is 0. The number of aromatic nitrogens is 2. The van der Waals surface area contributed by atoms with Gasteiger partial charge in [0.05, 0.1) is 12.8 Å². The molecule has 2 aromatic rings. The average molecular weight is 263 g/mol. The van der Waals surface area contributed by atoms with Crippen LogP contribution in [-0.2, 0) is 0 Å². The number of aryl methyl sites for hydroxylation is 3. The van der Waals surface area contributed by atoms with Gasteiger partial charge in [-0.15, -0.1) is 0 Å². The third kappa shape index (κ3) is 2.46. The fraction of sp³-hybridized carbons (Fsp3) is 0.286. The van der Waals surface area contributed by atoms with Crippen LogP contribution in [0.5, 0.6) is 5.75 Å². The summed E-state index contributed by atoms with van der Waals surface area (Å²) in [4.78, 5) is 8.72. The van der Waals surface area contributed by atoms with Gasteiger partial charge in [0, 0.05) is 16.3 Å². The summed E-state index contributed by atoms with van der Waals surface area (Å²) in [6.07, 6.45) is 0. The van der Waals surface area contributed by atoms with Gasteiger partial charge in [-0.05, 0) is 44.5 Å². The van der Waals surface area contributed by atoms with Gasteiger partial charge in [0.1, 0.15) is 11.6 Å². The lowest BCUT2D eigenvalue weighted by atomic mass is 10.1. The van der Waals surface area contributed by atoms with Gasteiger partial charge in [0.25, 0.3) is 0 Å². The molecule has 94 valence electrons. The van der Waals surface area contributed by atoms with Gasteiger partial charge in [-0.3, -0.25) is 0 Å². The highest BCUT2D eigenvalue weighted by molar-refractivity contribution is 6.31. The Kier molecular flexibility index (Phi) is 3.53. The molecule has 0 aliphatic heterocycles. The van der Waals surface area contributed by atoms with E-state index in [4.69, 9.17) is 16.3 Å². The van der Waals surface area contributed by atoms with Crippen LogP contribution < -0.4 is 4.74 Å². The number of halogens is 1. The predicted molar refractivity (Wildman–Crippen MR) is 73.2 cm³/mol. The van der Waals surface area contributed by atoms with E-state index in [1.54, 1.807) is 7.11 Å². The molecule has 4 heteroatoms. The molecule has 2 rings (SSSR count). The summed E-state index contributed by atoms with van der Waals surface area (Å²) in [5.74, 6) is 1.54. The molecule has 0 amide bonds. The second-order valence-corrected chi connectivity index (χ2v) is 4.68. The smallest absolute Gasteiger partial charge is 0.131 e. The van der Waals surface area contributed by atoms with Crippen LogP contribution in [0.1, 0.15) is 17.1 Å². The van der Waals surface area contributed by atoms with Crippen molar-refractivity contribution in [3.8, 4) is 17.0 Å². The molecule has 0 aliphatic rings. The molecule has 1 aromatic heterocycles. The highest BCUT2D eigenvalue weighted by Gasteiger charge is 2.12. The first-order valence-corrected chi connectivity index (χ1v) is 6.06. The summed E-state index contributed by atoms with van der Waals surface area (Å²) >= 11 is 6.11. The van der Waals surface area contributed by atoms with Crippen molar-refractivity contribution in [1.82, 2.24) is 9.97 Å². The summed E-state index contributed by atoms with van der Waals surface area (Å²) in [7, 11) is 1.65. The van der Waals surface area contributed by atoms with E-state index in [1.807, 2.05) is 39.0 Å². The van der Waals surface area contributed by atoms with Crippen molar-refractivity contribution in [3.63, 3.8) is 0 Å². The normalized spacial score (nSPS) is 10.5. The number of ether oxygens (including phenoxy) is 1.